The van der Waals surface area contributed by atoms with Crippen LogP contribution in [0.25, 0.3) is 0 Å². The van der Waals surface area contributed by atoms with Gasteiger partial charge in [-0.3, -0.25) is 14.4 Å². The molecule has 3 aliphatic rings. The predicted octanol–water partition coefficient (Wildman–Crippen LogP) is 3.48. The summed E-state index contributed by atoms with van der Waals surface area (Å²) in [5.41, 5.74) is 1.48. The first-order valence-electron chi connectivity index (χ1n) is 13.6. The maximum atomic E-state index is 14.6. The van der Waals surface area contributed by atoms with E-state index in [4.69, 9.17) is 9.47 Å². The Bertz CT molecular complexity index is 1080. The van der Waals surface area contributed by atoms with Crippen LogP contribution in [-0.4, -0.2) is 71.3 Å². The molecule has 1 aromatic carbocycles. The van der Waals surface area contributed by atoms with Crippen molar-refractivity contribution in [3.8, 4) is 0 Å². The fourth-order valence-electron chi connectivity index (χ4n) is 6.74. The summed E-state index contributed by atoms with van der Waals surface area (Å²) < 4.78 is 12.1. The van der Waals surface area contributed by atoms with Crippen molar-refractivity contribution in [1.82, 2.24) is 4.90 Å². The van der Waals surface area contributed by atoms with Gasteiger partial charge in [-0.1, -0.05) is 37.3 Å². The highest BCUT2D eigenvalue weighted by Crippen LogP contribution is 2.59. The molecule has 0 saturated carbocycles. The first kappa shape index (κ1) is 28.0. The van der Waals surface area contributed by atoms with Gasteiger partial charge in [0.25, 0.3) is 5.91 Å². The molecular weight excluding hydrogens is 484 g/mol. The van der Waals surface area contributed by atoms with E-state index in [2.05, 4.69) is 13.2 Å². The molecule has 38 heavy (non-hydrogen) atoms. The molecule has 8 nitrogen and oxygen atoms in total. The normalized spacial score (nSPS) is 28.2. The molecule has 3 heterocycles. The van der Waals surface area contributed by atoms with Crippen LogP contribution in [0.5, 0.6) is 0 Å². The van der Waals surface area contributed by atoms with Gasteiger partial charge in [0.2, 0.25) is 5.91 Å². The third kappa shape index (κ3) is 4.47. The zero-order chi connectivity index (χ0) is 27.6. The third-order valence-corrected chi connectivity index (χ3v) is 8.40. The minimum atomic E-state index is -1.15. The molecule has 1 N–H and O–H groups in total. The lowest BCUT2D eigenvalue weighted by Gasteiger charge is -2.39. The van der Waals surface area contributed by atoms with E-state index in [9.17, 15) is 19.5 Å². The van der Waals surface area contributed by atoms with Gasteiger partial charge in [0.1, 0.15) is 11.6 Å². The number of benzene rings is 1. The van der Waals surface area contributed by atoms with Crippen molar-refractivity contribution in [3.05, 3.63) is 54.6 Å². The van der Waals surface area contributed by atoms with Crippen molar-refractivity contribution < 1.29 is 29.0 Å². The molecule has 8 heteroatoms. The van der Waals surface area contributed by atoms with Gasteiger partial charge in [-0.2, -0.15) is 0 Å². The third-order valence-electron chi connectivity index (χ3n) is 8.40. The predicted molar refractivity (Wildman–Crippen MR) is 144 cm³/mol. The fraction of sp³-hybridized carbons (Fsp3) is 0.567. The minimum Gasteiger partial charge on any atom is -0.465 e. The number of hydrogen-bond acceptors (Lipinski definition) is 6. The number of unbranched alkanes of at least 4 members (excludes halogenated alkanes) is 1. The number of para-hydroxylation sites is 1. The average Bonchev–Trinajstić information content (AvgIpc) is 3.54. The number of esters is 1. The lowest BCUT2D eigenvalue weighted by molar-refractivity contribution is -0.155. The largest absolute Gasteiger partial charge is 0.465 e. The van der Waals surface area contributed by atoms with Gasteiger partial charge in [0, 0.05) is 12.2 Å². The van der Waals surface area contributed by atoms with Gasteiger partial charge in [-0.25, -0.2) is 0 Å². The number of aliphatic hydroxyl groups is 1. The second-order valence-corrected chi connectivity index (χ2v) is 10.6. The Hall–Kier alpha value is -2.97. The molecule has 3 fully saturated rings. The topological polar surface area (TPSA) is 96.4 Å². The van der Waals surface area contributed by atoms with Gasteiger partial charge in [0.05, 0.1) is 37.2 Å². The van der Waals surface area contributed by atoms with E-state index in [-0.39, 0.29) is 31.6 Å². The number of hydrogen-bond donors (Lipinski definition) is 1. The van der Waals surface area contributed by atoms with Crippen molar-refractivity contribution in [1.29, 1.82) is 0 Å². The zero-order valence-electron chi connectivity index (χ0n) is 22.7. The van der Waals surface area contributed by atoms with Crippen LogP contribution in [0.4, 0.5) is 5.69 Å². The molecule has 6 atom stereocenters. The molecule has 1 spiro atoms. The second-order valence-electron chi connectivity index (χ2n) is 10.6. The monoisotopic (exact) mass is 524 g/mol. The summed E-state index contributed by atoms with van der Waals surface area (Å²) in [5.74, 6) is -2.66. The van der Waals surface area contributed by atoms with Crippen LogP contribution in [0, 0.1) is 25.7 Å². The number of aryl methyl sites for hydroxylation is 2. The lowest BCUT2D eigenvalue weighted by atomic mass is 9.70. The number of carbonyl (C=O) groups excluding carboxylic acids is 3. The zero-order valence-corrected chi connectivity index (χ0v) is 22.7. The Morgan fingerprint density at radius 1 is 1.29 bits per heavy atom. The summed E-state index contributed by atoms with van der Waals surface area (Å²) >= 11 is 0. The first-order chi connectivity index (χ1) is 18.3. The van der Waals surface area contributed by atoms with Gasteiger partial charge in [0.15, 0.2) is 0 Å². The van der Waals surface area contributed by atoms with Crippen LogP contribution >= 0.6 is 0 Å². The fourth-order valence-corrected chi connectivity index (χ4v) is 6.74. The summed E-state index contributed by atoms with van der Waals surface area (Å²) in [6, 6.07) is 4.29. The molecule has 206 valence electrons. The highest BCUT2D eigenvalue weighted by Gasteiger charge is 2.75. The number of ether oxygens (including phenoxy) is 2. The van der Waals surface area contributed by atoms with E-state index < -0.39 is 41.6 Å². The summed E-state index contributed by atoms with van der Waals surface area (Å²) in [6.45, 7) is 13.5. The summed E-state index contributed by atoms with van der Waals surface area (Å²) in [4.78, 5) is 45.1. The van der Waals surface area contributed by atoms with E-state index in [1.54, 1.807) is 17.1 Å². The molecular formula is C30H40N2O6. The highest BCUT2D eigenvalue weighted by atomic mass is 16.6. The van der Waals surface area contributed by atoms with E-state index in [1.807, 2.05) is 39.0 Å². The van der Waals surface area contributed by atoms with Crippen molar-refractivity contribution in [2.24, 2.45) is 11.8 Å². The van der Waals surface area contributed by atoms with Crippen LogP contribution in [-0.2, 0) is 23.9 Å². The number of aliphatic hydroxyl groups excluding tert-OH is 1. The highest BCUT2D eigenvalue weighted by molar-refractivity contribution is 6.05. The van der Waals surface area contributed by atoms with Crippen molar-refractivity contribution in [2.75, 3.05) is 24.7 Å². The number of nitrogens with zero attached hydrogens (tertiary/aromatic N) is 2. The molecule has 2 unspecified atom stereocenters. The van der Waals surface area contributed by atoms with Crippen molar-refractivity contribution >= 4 is 23.5 Å². The number of fused-ring (bicyclic) bond motifs is 1. The Kier molecular flexibility index (Phi) is 8.43. The molecule has 0 radical (unpaired) electrons. The van der Waals surface area contributed by atoms with Crippen LogP contribution in [0.15, 0.2) is 43.5 Å². The second kappa shape index (κ2) is 11.4. The Morgan fingerprint density at radius 3 is 2.61 bits per heavy atom. The van der Waals surface area contributed by atoms with Gasteiger partial charge >= 0.3 is 5.97 Å². The van der Waals surface area contributed by atoms with Crippen LogP contribution in [0.3, 0.4) is 0 Å². The smallest absolute Gasteiger partial charge is 0.312 e. The number of likely N-dealkylation sites (tertiary alicyclic amines) is 1. The number of amides is 2. The molecule has 3 saturated heterocycles. The van der Waals surface area contributed by atoms with Crippen LogP contribution < -0.4 is 4.90 Å². The Labute approximate surface area is 225 Å². The number of carbonyl (C=O) groups is 3. The summed E-state index contributed by atoms with van der Waals surface area (Å²) in [5, 5.41) is 10.2. The molecule has 4 rings (SSSR count). The van der Waals surface area contributed by atoms with Crippen LogP contribution in [0.2, 0.25) is 0 Å². The van der Waals surface area contributed by atoms with Crippen molar-refractivity contribution in [3.63, 3.8) is 0 Å². The molecule has 0 aliphatic carbocycles. The van der Waals surface area contributed by atoms with E-state index >= 15 is 0 Å². The average molecular weight is 525 g/mol. The first-order valence-corrected chi connectivity index (χ1v) is 13.6. The van der Waals surface area contributed by atoms with Crippen LogP contribution in [0.1, 0.15) is 50.2 Å². The summed E-state index contributed by atoms with van der Waals surface area (Å²) in [6.07, 6.45) is 5.84. The molecule has 3 aliphatic heterocycles. The van der Waals surface area contributed by atoms with E-state index in [0.29, 0.717) is 25.7 Å². The number of rotatable bonds is 12. The van der Waals surface area contributed by atoms with Crippen molar-refractivity contribution in [2.45, 2.75) is 76.7 Å². The maximum Gasteiger partial charge on any atom is 0.312 e. The van der Waals surface area contributed by atoms with Gasteiger partial charge < -0.3 is 24.4 Å². The molecule has 1 aromatic rings. The quantitative estimate of drug-likeness (QED) is 0.256. The molecule has 0 aromatic heterocycles. The Morgan fingerprint density at radius 2 is 2.00 bits per heavy atom. The van der Waals surface area contributed by atoms with Gasteiger partial charge in [-0.05, 0) is 57.1 Å². The molecule has 2 bridgehead atoms. The minimum absolute atomic E-state index is 0.238. The van der Waals surface area contributed by atoms with E-state index in [0.717, 1.165) is 23.2 Å². The van der Waals surface area contributed by atoms with E-state index in [1.165, 1.54) is 4.90 Å². The number of allylic oxidation sites excluding steroid dienone is 1. The molecule has 2 amide bonds. The SMILES string of the molecule is C=CCCCOC(=O)[C@@H]1[C@H]2C(=O)N([C@@H](CC)CO)C(C(=O)N(CC=C)c3c(C)cccc3C)C23CC[C@H]1O3. The number of anilines is 1. The lowest BCUT2D eigenvalue weighted by Crippen LogP contribution is -2.59. The van der Waals surface area contributed by atoms with Gasteiger partial charge in [-0.15, -0.1) is 13.2 Å². The standard InChI is InChI=1S/C30H40N2O6/c1-6-9-10-17-37-29(36)23-22-14-15-30(38-22)24(23)27(34)32(21(8-3)18-33)26(30)28(35)31(16-7-2)25-19(4)12-11-13-20(25)5/h6-7,11-13,21-24,26,33H,1-2,8-10,14-18H2,3-5H3/t21-,22+,23-,24-,26?,30?/m0/s1. The maximum absolute atomic E-state index is 14.6. The summed E-state index contributed by atoms with van der Waals surface area (Å²) in [7, 11) is 0. The Balaban J connectivity index is 1.76.